The van der Waals surface area contributed by atoms with Crippen LogP contribution < -0.4 is 10.9 Å². The van der Waals surface area contributed by atoms with Crippen LogP contribution in [0.3, 0.4) is 0 Å². The van der Waals surface area contributed by atoms with Gasteiger partial charge in [-0.2, -0.15) is 5.10 Å². The fourth-order valence-corrected chi connectivity index (χ4v) is 2.94. The van der Waals surface area contributed by atoms with E-state index in [1.165, 1.54) is 0 Å². The van der Waals surface area contributed by atoms with E-state index in [1.54, 1.807) is 30.1 Å². The number of carbonyl (C=O) groups excluding carboxylic acids is 1. The lowest BCUT2D eigenvalue weighted by Crippen LogP contribution is -2.35. The summed E-state index contributed by atoms with van der Waals surface area (Å²) in [7, 11) is 0. The summed E-state index contributed by atoms with van der Waals surface area (Å²) in [6.07, 6.45) is 5.91. The van der Waals surface area contributed by atoms with Gasteiger partial charge in [-0.25, -0.2) is 0 Å². The molecule has 2 heterocycles. The SMILES string of the molecule is Cc1ccn(C(C)c2ccccc2)c(=O)c1C(=O)NCCc1cn[nH]c1. The third kappa shape index (κ3) is 3.74. The highest BCUT2D eigenvalue weighted by Crippen LogP contribution is 2.16. The van der Waals surface area contributed by atoms with E-state index < -0.39 is 0 Å². The van der Waals surface area contributed by atoms with Crippen molar-refractivity contribution >= 4 is 5.91 Å². The van der Waals surface area contributed by atoms with Crippen LogP contribution in [0.15, 0.2) is 59.8 Å². The average Bonchev–Trinajstić information content (AvgIpc) is 3.15. The van der Waals surface area contributed by atoms with E-state index in [0.29, 0.717) is 18.5 Å². The molecule has 1 unspecified atom stereocenters. The summed E-state index contributed by atoms with van der Waals surface area (Å²) < 4.78 is 1.60. The number of H-pyrrole nitrogens is 1. The molecule has 2 aromatic heterocycles. The Kier molecular flexibility index (Phi) is 5.31. The predicted molar refractivity (Wildman–Crippen MR) is 100 cm³/mol. The first-order chi connectivity index (χ1) is 12.6. The number of rotatable bonds is 6. The molecule has 0 bridgehead atoms. The molecule has 0 aliphatic rings. The molecule has 134 valence electrons. The van der Waals surface area contributed by atoms with Crippen molar-refractivity contribution in [1.82, 2.24) is 20.1 Å². The van der Waals surface area contributed by atoms with Crippen molar-refractivity contribution in [3.8, 4) is 0 Å². The predicted octanol–water partition coefficient (Wildman–Crippen LogP) is 2.46. The molecular weight excluding hydrogens is 328 g/mol. The number of amides is 1. The van der Waals surface area contributed by atoms with Gasteiger partial charge in [-0.3, -0.25) is 14.7 Å². The Morgan fingerprint density at radius 3 is 2.73 bits per heavy atom. The third-order valence-electron chi connectivity index (χ3n) is 4.51. The Morgan fingerprint density at radius 1 is 1.27 bits per heavy atom. The van der Waals surface area contributed by atoms with E-state index >= 15 is 0 Å². The molecule has 6 heteroatoms. The molecule has 2 N–H and O–H groups in total. The van der Waals surface area contributed by atoms with E-state index in [9.17, 15) is 9.59 Å². The average molecular weight is 350 g/mol. The summed E-state index contributed by atoms with van der Waals surface area (Å²) >= 11 is 0. The summed E-state index contributed by atoms with van der Waals surface area (Å²) in [5, 5.41) is 9.44. The highest BCUT2D eigenvalue weighted by molar-refractivity contribution is 5.95. The standard InChI is InChI=1S/C20H22N4O2/c1-14-9-11-24(15(2)17-6-4-3-5-7-17)20(26)18(14)19(25)21-10-8-16-12-22-23-13-16/h3-7,9,11-13,15H,8,10H2,1-2H3,(H,21,25)(H,22,23). The lowest BCUT2D eigenvalue weighted by atomic mass is 10.1. The van der Waals surface area contributed by atoms with Crippen LogP contribution in [-0.2, 0) is 6.42 Å². The molecular formula is C20H22N4O2. The monoisotopic (exact) mass is 350 g/mol. The summed E-state index contributed by atoms with van der Waals surface area (Å²) in [4.78, 5) is 25.5. The molecule has 0 aliphatic carbocycles. The molecule has 1 amide bonds. The zero-order valence-electron chi connectivity index (χ0n) is 14.9. The fraction of sp³-hybridized carbons (Fsp3) is 0.250. The highest BCUT2D eigenvalue weighted by atomic mass is 16.2. The van der Waals surface area contributed by atoms with Gasteiger partial charge in [-0.05, 0) is 43.0 Å². The number of pyridine rings is 1. The number of aryl methyl sites for hydroxylation is 1. The van der Waals surface area contributed by atoms with Gasteiger partial charge in [0.25, 0.3) is 11.5 Å². The third-order valence-corrected chi connectivity index (χ3v) is 4.51. The molecule has 0 fully saturated rings. The normalized spacial score (nSPS) is 11.9. The zero-order valence-corrected chi connectivity index (χ0v) is 14.9. The van der Waals surface area contributed by atoms with Gasteiger partial charge in [-0.15, -0.1) is 0 Å². The van der Waals surface area contributed by atoms with E-state index in [2.05, 4.69) is 15.5 Å². The van der Waals surface area contributed by atoms with Gasteiger partial charge in [0.15, 0.2) is 0 Å². The lowest BCUT2D eigenvalue weighted by molar-refractivity contribution is 0.0951. The summed E-state index contributed by atoms with van der Waals surface area (Å²) in [5.41, 5.74) is 2.62. The van der Waals surface area contributed by atoms with Crippen LogP contribution in [0, 0.1) is 6.92 Å². The number of carbonyl (C=O) groups is 1. The van der Waals surface area contributed by atoms with E-state index in [0.717, 1.165) is 11.1 Å². The molecule has 1 aromatic carbocycles. The van der Waals surface area contributed by atoms with E-state index in [-0.39, 0.29) is 23.1 Å². The number of hydrogen-bond donors (Lipinski definition) is 2. The molecule has 1 atom stereocenters. The second-order valence-electron chi connectivity index (χ2n) is 6.29. The smallest absolute Gasteiger partial charge is 0.264 e. The maximum Gasteiger partial charge on any atom is 0.264 e. The Balaban J connectivity index is 1.80. The van der Waals surface area contributed by atoms with Crippen molar-refractivity contribution in [1.29, 1.82) is 0 Å². The van der Waals surface area contributed by atoms with E-state index in [1.807, 2.05) is 43.3 Å². The van der Waals surface area contributed by atoms with Gasteiger partial charge in [0.05, 0.1) is 12.2 Å². The van der Waals surface area contributed by atoms with Crippen molar-refractivity contribution in [2.24, 2.45) is 0 Å². The van der Waals surface area contributed by atoms with Crippen LogP contribution in [0.25, 0.3) is 0 Å². The van der Waals surface area contributed by atoms with Crippen LogP contribution in [0.2, 0.25) is 0 Å². The van der Waals surface area contributed by atoms with E-state index in [4.69, 9.17) is 0 Å². The van der Waals surface area contributed by atoms with Gasteiger partial charge in [-0.1, -0.05) is 30.3 Å². The molecule has 0 radical (unpaired) electrons. The number of aromatic nitrogens is 3. The Hall–Kier alpha value is -3.15. The molecule has 0 spiro atoms. The summed E-state index contributed by atoms with van der Waals surface area (Å²) in [6.45, 7) is 4.18. The second-order valence-corrected chi connectivity index (χ2v) is 6.29. The first kappa shape index (κ1) is 17.7. The lowest BCUT2D eigenvalue weighted by Gasteiger charge is -2.17. The van der Waals surface area contributed by atoms with Crippen molar-refractivity contribution in [2.75, 3.05) is 6.54 Å². The topological polar surface area (TPSA) is 79.8 Å². The largest absolute Gasteiger partial charge is 0.352 e. The van der Waals surface area contributed by atoms with Crippen molar-refractivity contribution < 1.29 is 4.79 Å². The zero-order chi connectivity index (χ0) is 18.5. The molecule has 0 aliphatic heterocycles. The number of benzene rings is 1. The number of nitrogens with one attached hydrogen (secondary N) is 2. The molecule has 0 saturated carbocycles. The molecule has 0 saturated heterocycles. The fourth-order valence-electron chi connectivity index (χ4n) is 2.94. The number of nitrogens with zero attached hydrogens (tertiary/aromatic N) is 2. The maximum absolute atomic E-state index is 12.9. The van der Waals surface area contributed by atoms with Gasteiger partial charge >= 0.3 is 0 Å². The van der Waals surface area contributed by atoms with Crippen molar-refractivity contribution in [2.45, 2.75) is 26.3 Å². The quantitative estimate of drug-likeness (QED) is 0.717. The highest BCUT2D eigenvalue weighted by Gasteiger charge is 2.18. The Labute approximate surface area is 151 Å². The minimum atomic E-state index is -0.342. The van der Waals surface area contributed by atoms with Crippen molar-refractivity contribution in [3.05, 3.63) is 87.6 Å². The molecule has 26 heavy (non-hydrogen) atoms. The Bertz CT molecular complexity index is 930. The van der Waals surface area contributed by atoms with Gasteiger partial charge in [0, 0.05) is 18.9 Å². The molecule has 3 aromatic rings. The molecule has 6 nitrogen and oxygen atoms in total. The van der Waals surface area contributed by atoms with Crippen LogP contribution in [0.5, 0.6) is 0 Å². The number of hydrogen-bond acceptors (Lipinski definition) is 3. The minimum Gasteiger partial charge on any atom is -0.352 e. The van der Waals surface area contributed by atoms with Gasteiger partial charge < -0.3 is 9.88 Å². The molecule has 3 rings (SSSR count). The van der Waals surface area contributed by atoms with Crippen molar-refractivity contribution in [3.63, 3.8) is 0 Å². The summed E-state index contributed by atoms with van der Waals surface area (Å²) in [5.74, 6) is -0.342. The van der Waals surface area contributed by atoms with Crippen LogP contribution in [0.1, 0.15) is 40.0 Å². The first-order valence-electron chi connectivity index (χ1n) is 8.60. The van der Waals surface area contributed by atoms with Crippen LogP contribution >= 0.6 is 0 Å². The minimum absolute atomic E-state index is 0.151. The van der Waals surface area contributed by atoms with Crippen LogP contribution in [-0.4, -0.2) is 27.2 Å². The maximum atomic E-state index is 12.9. The Morgan fingerprint density at radius 2 is 2.04 bits per heavy atom. The van der Waals surface area contributed by atoms with Crippen LogP contribution in [0.4, 0.5) is 0 Å². The first-order valence-corrected chi connectivity index (χ1v) is 8.60. The van der Waals surface area contributed by atoms with Gasteiger partial charge in [0.2, 0.25) is 0 Å². The van der Waals surface area contributed by atoms with Gasteiger partial charge in [0.1, 0.15) is 5.56 Å². The number of aromatic amines is 1. The second kappa shape index (κ2) is 7.82. The summed E-state index contributed by atoms with van der Waals surface area (Å²) in [6, 6.07) is 11.4.